The normalized spacial score (nSPS) is 15.2. The van der Waals surface area contributed by atoms with E-state index in [-0.39, 0.29) is 5.54 Å². The van der Waals surface area contributed by atoms with Crippen molar-refractivity contribution < 1.29 is 0 Å². The molecule has 0 fully saturated rings. The third kappa shape index (κ3) is 5.14. The number of rotatable bonds is 6. The number of hydrogen-bond acceptors (Lipinski definition) is 1. The Morgan fingerprint density at radius 1 is 1.50 bits per heavy atom. The lowest BCUT2D eigenvalue weighted by atomic mass is 9.90. The fourth-order valence-electron chi connectivity index (χ4n) is 1.24. The van der Waals surface area contributed by atoms with Gasteiger partial charge in [-0.25, -0.2) is 0 Å². The Labute approximate surface area is 76.3 Å². The molecule has 1 heteroatoms. The minimum atomic E-state index is -0.0271. The van der Waals surface area contributed by atoms with Gasteiger partial charge in [-0.2, -0.15) is 0 Å². The van der Waals surface area contributed by atoms with Gasteiger partial charge in [-0.1, -0.05) is 38.2 Å². The molecule has 1 atom stereocenters. The molecule has 1 unspecified atom stereocenters. The molecule has 0 rings (SSSR count). The summed E-state index contributed by atoms with van der Waals surface area (Å²) in [5.74, 6) is 0. The zero-order valence-corrected chi connectivity index (χ0v) is 8.40. The molecule has 0 amide bonds. The molecular formula is C11H21N. The third-order valence-electron chi connectivity index (χ3n) is 2.13. The molecular weight excluding hydrogens is 146 g/mol. The van der Waals surface area contributed by atoms with Gasteiger partial charge in [-0.3, -0.25) is 0 Å². The van der Waals surface area contributed by atoms with Gasteiger partial charge in [0.05, 0.1) is 0 Å². The minimum Gasteiger partial charge on any atom is -0.325 e. The first-order valence-electron chi connectivity index (χ1n) is 4.61. The Morgan fingerprint density at radius 2 is 2.08 bits per heavy atom. The Kier molecular flexibility index (Phi) is 4.91. The topological polar surface area (TPSA) is 26.0 Å². The molecule has 0 aliphatic heterocycles. The number of allylic oxidation sites excluding steroid dienone is 2. The highest BCUT2D eigenvalue weighted by Gasteiger charge is 2.16. The summed E-state index contributed by atoms with van der Waals surface area (Å²) in [6, 6.07) is 0. The van der Waals surface area contributed by atoms with Gasteiger partial charge >= 0.3 is 0 Å². The quantitative estimate of drug-likeness (QED) is 0.605. The second-order valence-corrected chi connectivity index (χ2v) is 3.77. The first kappa shape index (κ1) is 11.4. The minimum absolute atomic E-state index is 0.0271. The van der Waals surface area contributed by atoms with Crippen LogP contribution in [0, 0.1) is 0 Å². The predicted molar refractivity (Wildman–Crippen MR) is 56.1 cm³/mol. The summed E-state index contributed by atoms with van der Waals surface area (Å²) in [6.07, 6.45) is 6.01. The first-order chi connectivity index (χ1) is 5.52. The van der Waals surface area contributed by atoms with Crippen molar-refractivity contribution in [2.75, 3.05) is 0 Å². The van der Waals surface area contributed by atoms with E-state index in [1.54, 1.807) is 0 Å². The van der Waals surface area contributed by atoms with Gasteiger partial charge in [0.2, 0.25) is 0 Å². The van der Waals surface area contributed by atoms with Gasteiger partial charge in [-0.05, 0) is 26.2 Å². The molecule has 0 saturated carbocycles. The summed E-state index contributed by atoms with van der Waals surface area (Å²) in [7, 11) is 0. The van der Waals surface area contributed by atoms with Crippen LogP contribution in [-0.4, -0.2) is 5.54 Å². The van der Waals surface area contributed by atoms with E-state index >= 15 is 0 Å². The highest BCUT2D eigenvalue weighted by atomic mass is 14.7. The molecule has 0 aliphatic rings. The fourth-order valence-corrected chi connectivity index (χ4v) is 1.24. The van der Waals surface area contributed by atoms with Crippen molar-refractivity contribution in [3.8, 4) is 0 Å². The standard InChI is InChI=1S/C11H21N/c1-5-8-11(4,12)9-7-10(3)6-2/h6H,2-3,5,7-9,12H2,1,4H3. The van der Waals surface area contributed by atoms with Crippen LogP contribution in [0.1, 0.15) is 39.5 Å². The van der Waals surface area contributed by atoms with Crippen molar-refractivity contribution >= 4 is 0 Å². The SMILES string of the molecule is C=CC(=C)CCC(C)(N)CCC. The second-order valence-electron chi connectivity index (χ2n) is 3.77. The van der Waals surface area contributed by atoms with Gasteiger partial charge in [-0.15, -0.1) is 0 Å². The molecule has 1 nitrogen and oxygen atoms in total. The maximum atomic E-state index is 6.05. The van der Waals surface area contributed by atoms with Crippen molar-refractivity contribution in [1.29, 1.82) is 0 Å². The molecule has 0 aliphatic carbocycles. The molecule has 0 bridgehead atoms. The van der Waals surface area contributed by atoms with E-state index in [0.717, 1.165) is 31.3 Å². The maximum absolute atomic E-state index is 6.05. The van der Waals surface area contributed by atoms with E-state index in [4.69, 9.17) is 5.73 Å². The van der Waals surface area contributed by atoms with Crippen LogP contribution < -0.4 is 5.73 Å². The molecule has 0 heterocycles. The molecule has 2 N–H and O–H groups in total. The summed E-state index contributed by atoms with van der Waals surface area (Å²) in [5, 5.41) is 0. The average molecular weight is 167 g/mol. The van der Waals surface area contributed by atoms with Crippen molar-refractivity contribution in [3.05, 3.63) is 24.8 Å². The van der Waals surface area contributed by atoms with Gasteiger partial charge in [0.25, 0.3) is 0 Å². The summed E-state index contributed by atoms with van der Waals surface area (Å²) < 4.78 is 0. The molecule has 0 aromatic heterocycles. The Morgan fingerprint density at radius 3 is 2.50 bits per heavy atom. The summed E-state index contributed by atoms with van der Waals surface area (Å²) >= 11 is 0. The van der Waals surface area contributed by atoms with Crippen molar-refractivity contribution in [2.24, 2.45) is 5.73 Å². The second kappa shape index (κ2) is 5.15. The lowest BCUT2D eigenvalue weighted by Crippen LogP contribution is -2.35. The predicted octanol–water partition coefficient (Wildman–Crippen LogP) is 3.03. The van der Waals surface area contributed by atoms with Crippen LogP contribution in [0.3, 0.4) is 0 Å². The fraction of sp³-hybridized carbons (Fsp3) is 0.636. The van der Waals surface area contributed by atoms with Crippen LogP contribution in [0.5, 0.6) is 0 Å². The van der Waals surface area contributed by atoms with Crippen LogP contribution in [-0.2, 0) is 0 Å². The molecule has 0 spiro atoms. The number of nitrogens with two attached hydrogens (primary N) is 1. The largest absolute Gasteiger partial charge is 0.325 e. The Hall–Kier alpha value is -0.560. The zero-order valence-electron chi connectivity index (χ0n) is 8.40. The van der Waals surface area contributed by atoms with E-state index in [1.165, 1.54) is 0 Å². The highest BCUT2D eigenvalue weighted by Crippen LogP contribution is 2.18. The third-order valence-corrected chi connectivity index (χ3v) is 2.13. The van der Waals surface area contributed by atoms with Crippen molar-refractivity contribution in [2.45, 2.75) is 45.1 Å². The molecule has 0 aromatic carbocycles. The van der Waals surface area contributed by atoms with Crippen LogP contribution in [0.15, 0.2) is 24.8 Å². The van der Waals surface area contributed by atoms with E-state index in [9.17, 15) is 0 Å². The molecule has 0 aromatic rings. The van der Waals surface area contributed by atoms with E-state index in [1.807, 2.05) is 6.08 Å². The van der Waals surface area contributed by atoms with E-state index in [0.29, 0.717) is 0 Å². The molecule has 0 radical (unpaired) electrons. The van der Waals surface area contributed by atoms with Gasteiger partial charge in [0, 0.05) is 5.54 Å². The van der Waals surface area contributed by atoms with Crippen LogP contribution in [0.4, 0.5) is 0 Å². The Bertz CT molecular complexity index is 156. The smallest absolute Gasteiger partial charge is 0.0128 e. The lowest BCUT2D eigenvalue weighted by Gasteiger charge is -2.23. The van der Waals surface area contributed by atoms with Crippen molar-refractivity contribution in [1.82, 2.24) is 0 Å². The molecule has 12 heavy (non-hydrogen) atoms. The first-order valence-corrected chi connectivity index (χ1v) is 4.61. The summed E-state index contributed by atoms with van der Waals surface area (Å²) in [4.78, 5) is 0. The van der Waals surface area contributed by atoms with Gasteiger partial charge in [0.15, 0.2) is 0 Å². The van der Waals surface area contributed by atoms with E-state index in [2.05, 4.69) is 27.0 Å². The molecule has 0 saturated heterocycles. The van der Waals surface area contributed by atoms with Gasteiger partial charge < -0.3 is 5.73 Å². The Balaban J connectivity index is 3.74. The van der Waals surface area contributed by atoms with Gasteiger partial charge in [0.1, 0.15) is 0 Å². The highest BCUT2D eigenvalue weighted by molar-refractivity contribution is 5.11. The lowest BCUT2D eigenvalue weighted by molar-refractivity contribution is 0.398. The maximum Gasteiger partial charge on any atom is 0.0128 e. The van der Waals surface area contributed by atoms with Crippen LogP contribution in [0.2, 0.25) is 0 Å². The summed E-state index contributed by atoms with van der Waals surface area (Å²) in [6.45, 7) is 11.8. The van der Waals surface area contributed by atoms with Crippen molar-refractivity contribution in [3.63, 3.8) is 0 Å². The average Bonchev–Trinajstić information content (AvgIpc) is 2.00. The van der Waals surface area contributed by atoms with E-state index < -0.39 is 0 Å². The number of hydrogen-bond donors (Lipinski definition) is 1. The molecule has 70 valence electrons. The monoisotopic (exact) mass is 167 g/mol. The van der Waals surface area contributed by atoms with Crippen LogP contribution >= 0.6 is 0 Å². The zero-order chi connectivity index (χ0) is 9.61. The summed E-state index contributed by atoms with van der Waals surface area (Å²) in [5.41, 5.74) is 7.11. The van der Waals surface area contributed by atoms with Crippen LogP contribution in [0.25, 0.3) is 0 Å².